The summed E-state index contributed by atoms with van der Waals surface area (Å²) >= 11 is 8.07. The second-order valence-electron chi connectivity index (χ2n) is 3.86. The molecule has 88 valence electrons. The number of rotatable bonds is 6. The fraction of sp³-hybridized carbons (Fsp3) is 0.462. The van der Waals surface area contributed by atoms with Gasteiger partial charge in [-0.05, 0) is 47.2 Å². The van der Waals surface area contributed by atoms with Crippen LogP contribution in [0.4, 0.5) is 0 Å². The maximum atomic E-state index is 11.9. The van der Waals surface area contributed by atoms with Crippen LogP contribution < -0.4 is 0 Å². The maximum absolute atomic E-state index is 11.9. The van der Waals surface area contributed by atoms with Crippen molar-refractivity contribution >= 4 is 40.0 Å². The SMILES string of the molecule is CCCCCCC(=O)c1cc(Cl)ccc1I. The van der Waals surface area contributed by atoms with E-state index in [0.29, 0.717) is 11.4 Å². The molecule has 0 unspecified atom stereocenters. The molecule has 0 atom stereocenters. The molecule has 0 saturated carbocycles. The van der Waals surface area contributed by atoms with E-state index < -0.39 is 0 Å². The summed E-state index contributed by atoms with van der Waals surface area (Å²) in [6.45, 7) is 2.17. The fourth-order valence-electron chi connectivity index (χ4n) is 1.56. The van der Waals surface area contributed by atoms with Crippen molar-refractivity contribution in [2.24, 2.45) is 0 Å². The highest BCUT2D eigenvalue weighted by atomic mass is 127. The topological polar surface area (TPSA) is 17.1 Å². The van der Waals surface area contributed by atoms with E-state index in [-0.39, 0.29) is 5.78 Å². The summed E-state index contributed by atoms with van der Waals surface area (Å²) in [4.78, 5) is 11.9. The molecule has 0 N–H and O–H groups in total. The van der Waals surface area contributed by atoms with E-state index in [0.717, 1.165) is 22.0 Å². The monoisotopic (exact) mass is 350 g/mol. The summed E-state index contributed by atoms with van der Waals surface area (Å²) < 4.78 is 0.988. The molecule has 16 heavy (non-hydrogen) atoms. The van der Waals surface area contributed by atoms with Gasteiger partial charge in [-0.2, -0.15) is 0 Å². The predicted molar refractivity (Wildman–Crippen MR) is 77.3 cm³/mol. The van der Waals surface area contributed by atoms with E-state index in [2.05, 4.69) is 29.5 Å². The van der Waals surface area contributed by atoms with Crippen LogP contribution in [-0.2, 0) is 0 Å². The highest BCUT2D eigenvalue weighted by Gasteiger charge is 2.09. The maximum Gasteiger partial charge on any atom is 0.163 e. The molecule has 1 aromatic carbocycles. The van der Waals surface area contributed by atoms with Gasteiger partial charge in [0.25, 0.3) is 0 Å². The molecule has 0 radical (unpaired) electrons. The zero-order valence-corrected chi connectivity index (χ0v) is 12.3. The van der Waals surface area contributed by atoms with Crippen LogP contribution in [0.3, 0.4) is 0 Å². The van der Waals surface area contributed by atoms with Gasteiger partial charge in [-0.15, -0.1) is 0 Å². The largest absolute Gasteiger partial charge is 0.294 e. The second-order valence-corrected chi connectivity index (χ2v) is 5.46. The van der Waals surface area contributed by atoms with E-state index in [1.54, 1.807) is 6.07 Å². The number of carbonyl (C=O) groups excluding carboxylic acids is 1. The molecule has 0 aliphatic rings. The molecule has 0 saturated heterocycles. The number of halogens is 2. The van der Waals surface area contributed by atoms with Crippen LogP contribution >= 0.6 is 34.2 Å². The number of Topliss-reactive ketones (excluding diaryl/α,β-unsaturated/α-hetero) is 1. The Balaban J connectivity index is 2.55. The minimum atomic E-state index is 0.211. The van der Waals surface area contributed by atoms with E-state index >= 15 is 0 Å². The van der Waals surface area contributed by atoms with Crippen molar-refractivity contribution in [1.82, 2.24) is 0 Å². The van der Waals surface area contributed by atoms with Crippen molar-refractivity contribution in [3.8, 4) is 0 Å². The number of hydrogen-bond acceptors (Lipinski definition) is 1. The lowest BCUT2D eigenvalue weighted by Gasteiger charge is -2.04. The van der Waals surface area contributed by atoms with Gasteiger partial charge in [-0.25, -0.2) is 0 Å². The van der Waals surface area contributed by atoms with Gasteiger partial charge in [0.05, 0.1) is 0 Å². The Morgan fingerprint density at radius 2 is 2.06 bits per heavy atom. The fourth-order valence-corrected chi connectivity index (χ4v) is 2.37. The highest BCUT2D eigenvalue weighted by Crippen LogP contribution is 2.20. The first kappa shape index (κ1) is 14.0. The first-order valence-electron chi connectivity index (χ1n) is 5.63. The molecule has 1 rings (SSSR count). The molecule has 1 nitrogen and oxygen atoms in total. The van der Waals surface area contributed by atoms with Gasteiger partial charge in [-0.1, -0.05) is 37.8 Å². The first-order valence-corrected chi connectivity index (χ1v) is 7.09. The number of unbranched alkanes of at least 4 members (excludes halogenated alkanes) is 3. The standard InChI is InChI=1S/C13H16ClIO/c1-2-3-4-5-6-13(16)11-9-10(14)7-8-12(11)15/h7-9H,2-6H2,1H3. The lowest BCUT2D eigenvalue weighted by molar-refractivity contribution is 0.0978. The van der Waals surface area contributed by atoms with Gasteiger partial charge < -0.3 is 0 Å². The predicted octanol–water partition coefficient (Wildman–Crippen LogP) is 5.10. The summed E-state index contributed by atoms with van der Waals surface area (Å²) in [7, 11) is 0. The molecule has 0 aliphatic carbocycles. The molecule has 0 heterocycles. The van der Waals surface area contributed by atoms with Crippen LogP contribution in [0.2, 0.25) is 5.02 Å². The minimum Gasteiger partial charge on any atom is -0.294 e. The smallest absolute Gasteiger partial charge is 0.163 e. The molecule has 0 aliphatic heterocycles. The zero-order chi connectivity index (χ0) is 12.0. The molecular formula is C13H16ClIO. The van der Waals surface area contributed by atoms with Gasteiger partial charge in [0, 0.05) is 20.6 Å². The molecule has 0 aromatic heterocycles. The van der Waals surface area contributed by atoms with Gasteiger partial charge in [-0.3, -0.25) is 4.79 Å². The second kappa shape index (κ2) is 7.28. The van der Waals surface area contributed by atoms with E-state index in [4.69, 9.17) is 11.6 Å². The third kappa shape index (κ3) is 4.42. The Labute approximate surface area is 116 Å². The van der Waals surface area contributed by atoms with Crippen molar-refractivity contribution < 1.29 is 4.79 Å². The number of ketones is 1. The molecule has 0 spiro atoms. The number of hydrogen-bond donors (Lipinski definition) is 0. The molecule has 0 bridgehead atoms. The average molecular weight is 351 g/mol. The van der Waals surface area contributed by atoms with Crippen molar-refractivity contribution in [2.75, 3.05) is 0 Å². The van der Waals surface area contributed by atoms with Crippen molar-refractivity contribution in [3.63, 3.8) is 0 Å². The van der Waals surface area contributed by atoms with E-state index in [9.17, 15) is 4.79 Å². The van der Waals surface area contributed by atoms with Gasteiger partial charge in [0.15, 0.2) is 5.78 Å². The third-order valence-corrected chi connectivity index (χ3v) is 3.66. The Morgan fingerprint density at radius 1 is 1.31 bits per heavy atom. The van der Waals surface area contributed by atoms with Crippen LogP contribution in [0.1, 0.15) is 49.4 Å². The summed E-state index contributed by atoms with van der Waals surface area (Å²) in [5.41, 5.74) is 0.768. The van der Waals surface area contributed by atoms with E-state index in [1.165, 1.54) is 12.8 Å². The summed E-state index contributed by atoms with van der Waals surface area (Å²) in [5, 5.41) is 0.636. The number of benzene rings is 1. The normalized spacial score (nSPS) is 10.4. The quantitative estimate of drug-likeness (QED) is 0.396. The summed E-state index contributed by atoms with van der Waals surface area (Å²) in [6.07, 6.45) is 5.16. The average Bonchev–Trinajstić information content (AvgIpc) is 2.27. The first-order chi connectivity index (χ1) is 7.65. The van der Waals surface area contributed by atoms with Crippen LogP contribution in [0.5, 0.6) is 0 Å². The van der Waals surface area contributed by atoms with Gasteiger partial charge in [0.1, 0.15) is 0 Å². The minimum absolute atomic E-state index is 0.211. The highest BCUT2D eigenvalue weighted by molar-refractivity contribution is 14.1. The lowest BCUT2D eigenvalue weighted by atomic mass is 10.0. The van der Waals surface area contributed by atoms with Crippen molar-refractivity contribution in [2.45, 2.75) is 39.0 Å². The molecule has 0 fully saturated rings. The zero-order valence-electron chi connectivity index (χ0n) is 9.43. The Hall–Kier alpha value is -0.0900. The van der Waals surface area contributed by atoms with E-state index in [1.807, 2.05) is 12.1 Å². The van der Waals surface area contributed by atoms with Gasteiger partial charge >= 0.3 is 0 Å². The van der Waals surface area contributed by atoms with Crippen molar-refractivity contribution in [3.05, 3.63) is 32.4 Å². The molecular weight excluding hydrogens is 334 g/mol. The van der Waals surface area contributed by atoms with Gasteiger partial charge in [0.2, 0.25) is 0 Å². The van der Waals surface area contributed by atoms with Crippen molar-refractivity contribution in [1.29, 1.82) is 0 Å². The molecule has 0 amide bonds. The Bertz CT molecular complexity index is 363. The Morgan fingerprint density at radius 3 is 2.75 bits per heavy atom. The lowest BCUT2D eigenvalue weighted by Crippen LogP contribution is -2.01. The van der Waals surface area contributed by atoms with Crippen LogP contribution in [-0.4, -0.2) is 5.78 Å². The molecule has 1 aromatic rings. The Kier molecular flexibility index (Phi) is 6.36. The third-order valence-electron chi connectivity index (χ3n) is 2.49. The van der Waals surface area contributed by atoms with Crippen LogP contribution in [0.25, 0.3) is 0 Å². The summed E-state index contributed by atoms with van der Waals surface area (Å²) in [6, 6.07) is 5.48. The van der Waals surface area contributed by atoms with Crippen LogP contribution in [0, 0.1) is 3.57 Å². The molecule has 3 heteroatoms. The van der Waals surface area contributed by atoms with Crippen LogP contribution in [0.15, 0.2) is 18.2 Å². The number of carbonyl (C=O) groups is 1. The summed E-state index contributed by atoms with van der Waals surface area (Å²) in [5.74, 6) is 0.211.